The summed E-state index contributed by atoms with van der Waals surface area (Å²) in [4.78, 5) is 2.50. The van der Waals surface area contributed by atoms with Gasteiger partial charge in [-0.25, -0.2) is 0 Å². The van der Waals surface area contributed by atoms with E-state index in [1.165, 1.54) is 93.4 Å². The van der Waals surface area contributed by atoms with Crippen LogP contribution in [-0.2, 0) is 6.42 Å². The molecule has 0 saturated heterocycles. The van der Waals surface area contributed by atoms with Crippen molar-refractivity contribution in [1.82, 2.24) is 8.97 Å². The molecule has 2 aromatic heterocycles. The summed E-state index contributed by atoms with van der Waals surface area (Å²) in [5, 5.41) is 7.71. The third-order valence-electron chi connectivity index (χ3n) is 10.0. The average Bonchev–Trinajstić information content (AvgIpc) is 3.51. The molecular formula is C41H39N3. The predicted octanol–water partition coefficient (Wildman–Crippen LogP) is 10.1. The number of anilines is 1. The maximum atomic E-state index is 2.62. The summed E-state index contributed by atoms with van der Waals surface area (Å²) in [6.07, 6.45) is 3.53. The minimum Gasteiger partial charge on any atom is -0.325 e. The van der Waals surface area contributed by atoms with E-state index < -0.39 is 0 Å². The van der Waals surface area contributed by atoms with E-state index in [-0.39, 0.29) is 6.17 Å². The molecule has 3 heterocycles. The number of para-hydroxylation sites is 1. The molecule has 1 aliphatic heterocycles. The van der Waals surface area contributed by atoms with Gasteiger partial charge < -0.3 is 13.9 Å². The quantitative estimate of drug-likeness (QED) is 0.200. The fourth-order valence-corrected chi connectivity index (χ4v) is 8.03. The van der Waals surface area contributed by atoms with E-state index in [4.69, 9.17) is 0 Å². The molecule has 0 radical (unpaired) electrons. The molecule has 0 saturated carbocycles. The van der Waals surface area contributed by atoms with Gasteiger partial charge in [0.1, 0.15) is 6.17 Å². The highest BCUT2D eigenvalue weighted by Gasteiger charge is 2.26. The Morgan fingerprint density at radius 3 is 2.16 bits per heavy atom. The maximum Gasteiger partial charge on any atom is 0.108 e. The molecule has 0 spiro atoms. The van der Waals surface area contributed by atoms with E-state index >= 15 is 0 Å². The van der Waals surface area contributed by atoms with Crippen LogP contribution < -0.4 is 10.2 Å². The van der Waals surface area contributed by atoms with Gasteiger partial charge in [-0.2, -0.15) is 0 Å². The van der Waals surface area contributed by atoms with Gasteiger partial charge in [-0.3, -0.25) is 0 Å². The van der Waals surface area contributed by atoms with Gasteiger partial charge in [0.25, 0.3) is 0 Å². The number of aromatic nitrogens is 2. The number of hydrogen-bond donors (Lipinski definition) is 0. The van der Waals surface area contributed by atoms with Crippen LogP contribution in [0.3, 0.4) is 0 Å². The van der Waals surface area contributed by atoms with E-state index in [0.29, 0.717) is 0 Å². The summed E-state index contributed by atoms with van der Waals surface area (Å²) in [6.45, 7) is 15.9. The van der Waals surface area contributed by atoms with Gasteiger partial charge in [0.2, 0.25) is 0 Å². The average molecular weight is 574 g/mol. The minimum atomic E-state index is 0.0828. The fraction of sp³-hybridized carbons (Fsp3) is 0.220. The molecular weight excluding hydrogens is 534 g/mol. The van der Waals surface area contributed by atoms with Crippen LogP contribution in [0.5, 0.6) is 0 Å². The zero-order chi connectivity index (χ0) is 30.4. The number of rotatable bonds is 2. The molecule has 5 aromatic carbocycles. The van der Waals surface area contributed by atoms with Crippen LogP contribution in [-0.4, -0.2) is 8.97 Å². The summed E-state index contributed by atoms with van der Waals surface area (Å²) in [5.41, 5.74) is 14.2. The van der Waals surface area contributed by atoms with Gasteiger partial charge in [-0.15, -0.1) is 0 Å². The lowest BCUT2D eigenvalue weighted by molar-refractivity contribution is 0.596. The number of hydrogen-bond acceptors (Lipinski definition) is 1. The van der Waals surface area contributed by atoms with Crippen molar-refractivity contribution >= 4 is 60.9 Å². The Labute approximate surface area is 258 Å². The summed E-state index contributed by atoms with van der Waals surface area (Å²) >= 11 is 0. The molecule has 3 heteroatoms. The Morgan fingerprint density at radius 2 is 1.36 bits per heavy atom. The van der Waals surface area contributed by atoms with E-state index in [9.17, 15) is 0 Å². The molecule has 0 N–H and O–H groups in total. The fourth-order valence-electron chi connectivity index (χ4n) is 8.03. The van der Waals surface area contributed by atoms with Crippen molar-refractivity contribution in [3.05, 3.63) is 124 Å². The van der Waals surface area contributed by atoms with E-state index in [0.717, 1.165) is 6.42 Å². The lowest BCUT2D eigenvalue weighted by Crippen LogP contribution is -2.24. The van der Waals surface area contributed by atoms with Crippen molar-refractivity contribution in [3.63, 3.8) is 0 Å². The molecule has 8 rings (SSSR count). The Kier molecular flexibility index (Phi) is 5.87. The topological polar surface area (TPSA) is 12.6 Å². The molecule has 0 aliphatic carbocycles. The van der Waals surface area contributed by atoms with Crippen molar-refractivity contribution < 1.29 is 0 Å². The van der Waals surface area contributed by atoms with Gasteiger partial charge in [0.05, 0.1) is 27.4 Å². The monoisotopic (exact) mass is 573 g/mol. The van der Waals surface area contributed by atoms with E-state index in [2.05, 4.69) is 153 Å². The Hall–Kier alpha value is -4.76. The number of nitrogens with zero attached hydrogens (tertiary/aromatic N) is 3. The third-order valence-corrected chi connectivity index (χ3v) is 10.0. The van der Waals surface area contributed by atoms with Crippen LogP contribution in [0.1, 0.15) is 53.4 Å². The van der Waals surface area contributed by atoms with Crippen molar-refractivity contribution in [2.75, 3.05) is 4.90 Å². The molecule has 0 bridgehead atoms. The summed E-state index contributed by atoms with van der Waals surface area (Å²) in [5.74, 6) is 0. The van der Waals surface area contributed by atoms with Crippen LogP contribution in [0.2, 0.25) is 0 Å². The first-order valence-electron chi connectivity index (χ1n) is 15.9. The number of benzene rings is 5. The van der Waals surface area contributed by atoms with Crippen LogP contribution in [0.25, 0.3) is 55.2 Å². The van der Waals surface area contributed by atoms with E-state index in [1.54, 1.807) is 0 Å². The third kappa shape index (κ3) is 3.62. The normalized spacial score (nSPS) is 14.7. The summed E-state index contributed by atoms with van der Waals surface area (Å²) in [7, 11) is 0. The zero-order valence-electron chi connectivity index (χ0n) is 26.8. The minimum absolute atomic E-state index is 0.0828. The largest absolute Gasteiger partial charge is 0.325 e. The lowest BCUT2D eigenvalue weighted by atomic mass is 10.0. The highest BCUT2D eigenvalue weighted by atomic mass is 15.3. The Bertz CT molecular complexity index is 2450. The SMILES string of the molecule is CCc1cccc(N2C=c3c4c(C)cccc4n4c5ccc(C)cc5c5cccc(c6cc(C)cc(C)c6n3[C@@H]2C)c54)c1C. The molecule has 218 valence electrons. The molecule has 44 heavy (non-hydrogen) atoms. The second-order valence-corrected chi connectivity index (χ2v) is 12.8. The number of aryl methyl sites for hydroxylation is 5. The van der Waals surface area contributed by atoms with Crippen molar-refractivity contribution in [3.8, 4) is 0 Å². The van der Waals surface area contributed by atoms with Crippen LogP contribution in [0.4, 0.5) is 5.69 Å². The van der Waals surface area contributed by atoms with Gasteiger partial charge in [0, 0.05) is 38.8 Å². The molecule has 0 amide bonds. The molecule has 7 aromatic rings. The van der Waals surface area contributed by atoms with E-state index in [1.807, 2.05) is 0 Å². The lowest BCUT2D eigenvalue weighted by Gasteiger charge is -2.28. The smallest absolute Gasteiger partial charge is 0.108 e. The first kappa shape index (κ1) is 26.8. The Balaban J connectivity index is 1.73. The zero-order valence-corrected chi connectivity index (χ0v) is 26.8. The second-order valence-electron chi connectivity index (χ2n) is 12.8. The first-order valence-corrected chi connectivity index (χ1v) is 15.9. The highest BCUT2D eigenvalue weighted by Crippen LogP contribution is 2.39. The molecule has 1 aliphatic rings. The molecule has 0 fully saturated rings. The summed E-state index contributed by atoms with van der Waals surface area (Å²) < 4.78 is 5.16. The van der Waals surface area contributed by atoms with Gasteiger partial charge in [-0.05, 0) is 101 Å². The first-order chi connectivity index (χ1) is 21.3. The van der Waals surface area contributed by atoms with Crippen LogP contribution in [0, 0.1) is 34.6 Å². The Morgan fingerprint density at radius 1 is 0.636 bits per heavy atom. The van der Waals surface area contributed by atoms with Gasteiger partial charge >= 0.3 is 0 Å². The molecule has 3 nitrogen and oxygen atoms in total. The van der Waals surface area contributed by atoms with Crippen LogP contribution in [0.15, 0.2) is 84.9 Å². The predicted molar refractivity (Wildman–Crippen MR) is 189 cm³/mol. The second kappa shape index (κ2) is 9.62. The van der Waals surface area contributed by atoms with Gasteiger partial charge in [-0.1, -0.05) is 72.6 Å². The standard InChI is InChI=1S/C41H39N3/c1-8-30-13-10-16-35(28(30)6)42-23-38-39-26(4)12-9-17-37(39)44-36-19-18-24(2)21-33(36)31-14-11-15-32(41(31)44)34-22-25(3)20-27(5)40(34)43(38)29(42)7/h9-23,29H,8H2,1-7H3/t29-/m1/s1. The van der Waals surface area contributed by atoms with Crippen molar-refractivity contribution in [1.29, 1.82) is 0 Å². The molecule has 0 unspecified atom stereocenters. The van der Waals surface area contributed by atoms with Crippen molar-refractivity contribution in [2.45, 2.75) is 61.1 Å². The van der Waals surface area contributed by atoms with Gasteiger partial charge in [0.15, 0.2) is 0 Å². The summed E-state index contributed by atoms with van der Waals surface area (Å²) in [6, 6.07) is 32.2. The highest BCUT2D eigenvalue weighted by molar-refractivity contribution is 6.20. The molecule has 1 atom stereocenters. The number of fused-ring (bicyclic) bond motifs is 10. The van der Waals surface area contributed by atoms with Crippen molar-refractivity contribution in [2.24, 2.45) is 0 Å². The maximum absolute atomic E-state index is 2.62. The van der Waals surface area contributed by atoms with Crippen LogP contribution >= 0.6 is 0 Å².